The number of hydrogen-bond donors (Lipinski definition) is 2. The van der Waals surface area contributed by atoms with E-state index in [1.54, 1.807) is 25.1 Å². The molecule has 2 rings (SSSR count). The van der Waals surface area contributed by atoms with E-state index in [4.69, 9.17) is 22.7 Å². The zero-order chi connectivity index (χ0) is 17.4. The van der Waals surface area contributed by atoms with Crippen LogP contribution in [0, 0.1) is 12.3 Å². The van der Waals surface area contributed by atoms with Crippen LogP contribution in [-0.4, -0.2) is 25.1 Å². The van der Waals surface area contributed by atoms with Gasteiger partial charge in [-0.2, -0.15) is 0 Å². The van der Waals surface area contributed by atoms with Gasteiger partial charge in [-0.1, -0.05) is 23.7 Å². The van der Waals surface area contributed by atoms with Crippen molar-refractivity contribution >= 4 is 27.3 Å². The molecule has 0 atom stereocenters. The zero-order valence-corrected chi connectivity index (χ0v) is 14.2. The number of pyridine rings is 1. The number of hydrogen-bond acceptors (Lipinski definition) is 4. The summed E-state index contributed by atoms with van der Waals surface area (Å²) in [6.07, 6.45) is 2.64. The largest absolute Gasteiger partial charge is 0.365 e. The van der Waals surface area contributed by atoms with E-state index in [0.29, 0.717) is 11.1 Å². The van der Waals surface area contributed by atoms with Gasteiger partial charge >= 0.3 is 0 Å². The fourth-order valence-corrected chi connectivity index (χ4v) is 3.51. The van der Waals surface area contributed by atoms with Gasteiger partial charge in [0.05, 0.1) is 15.5 Å². The molecule has 0 spiro atoms. The van der Waals surface area contributed by atoms with Crippen molar-refractivity contribution in [2.24, 2.45) is 5.73 Å². The minimum Gasteiger partial charge on any atom is -0.365 e. The van der Waals surface area contributed by atoms with E-state index in [0.717, 1.165) is 6.26 Å². The number of sulfone groups is 1. The summed E-state index contributed by atoms with van der Waals surface area (Å²) in [5.41, 5.74) is 6.49. The normalized spacial score (nSPS) is 11.4. The molecule has 1 amide bonds. The van der Waals surface area contributed by atoms with Gasteiger partial charge in [0.15, 0.2) is 9.84 Å². The first kappa shape index (κ1) is 17.2. The molecule has 0 saturated heterocycles. The average Bonchev–Trinajstić information content (AvgIpc) is 2.43. The van der Waals surface area contributed by atoms with Crippen LogP contribution in [0.5, 0.6) is 0 Å². The molecular formula is C15H16ClN3O3S. The van der Waals surface area contributed by atoms with Gasteiger partial charge in [0.1, 0.15) is 5.49 Å². The lowest BCUT2D eigenvalue weighted by Crippen LogP contribution is -2.29. The zero-order valence-electron chi connectivity index (χ0n) is 12.6. The van der Waals surface area contributed by atoms with Crippen molar-refractivity contribution in [3.05, 3.63) is 57.7 Å². The van der Waals surface area contributed by atoms with E-state index >= 15 is 0 Å². The van der Waals surface area contributed by atoms with E-state index in [1.807, 2.05) is 0 Å². The Hall–Kier alpha value is -2.12. The molecule has 6 nitrogen and oxygen atoms in total. The molecule has 0 saturated carbocycles. The maximum absolute atomic E-state index is 11.8. The fourth-order valence-electron chi connectivity index (χ4n) is 2.26. The Morgan fingerprint density at radius 1 is 1.35 bits per heavy atom. The highest BCUT2D eigenvalue weighted by Crippen LogP contribution is 2.18. The molecule has 122 valence electrons. The molecule has 8 heteroatoms. The summed E-state index contributed by atoms with van der Waals surface area (Å²) < 4.78 is 25.0. The highest BCUT2D eigenvalue weighted by Gasteiger charge is 2.13. The molecule has 0 fully saturated rings. The number of benzene rings is 1. The third-order valence-corrected chi connectivity index (χ3v) is 4.82. The third-order valence-electron chi connectivity index (χ3n) is 3.37. The molecule has 0 aliphatic carbocycles. The predicted octanol–water partition coefficient (Wildman–Crippen LogP) is 1.48. The third kappa shape index (κ3) is 3.80. The number of nitrogens with zero attached hydrogens (tertiary/aromatic N) is 1. The van der Waals surface area contributed by atoms with E-state index in [1.165, 1.54) is 16.8 Å². The highest BCUT2D eigenvalue weighted by atomic mass is 35.5. The van der Waals surface area contributed by atoms with Crippen LogP contribution in [0.15, 0.2) is 35.4 Å². The van der Waals surface area contributed by atoms with Crippen LogP contribution >= 0.6 is 11.6 Å². The van der Waals surface area contributed by atoms with Gasteiger partial charge in [0.25, 0.3) is 5.91 Å². The minimum atomic E-state index is -3.34. The summed E-state index contributed by atoms with van der Waals surface area (Å²) in [6, 6.07) is 6.36. The Morgan fingerprint density at radius 2 is 2.00 bits per heavy atom. The first-order valence-corrected chi connectivity index (χ1v) is 8.90. The van der Waals surface area contributed by atoms with Crippen molar-refractivity contribution < 1.29 is 13.2 Å². The first-order valence-electron chi connectivity index (χ1n) is 6.63. The number of carbonyl (C=O) groups is 1. The van der Waals surface area contributed by atoms with E-state index in [2.05, 4.69) is 0 Å². The number of carbonyl (C=O) groups excluding carboxylic acids is 1. The molecule has 0 bridgehead atoms. The summed E-state index contributed by atoms with van der Waals surface area (Å²) in [4.78, 5) is 11.6. The number of aryl methyl sites for hydroxylation is 1. The number of aromatic nitrogens is 1. The number of rotatable bonds is 4. The van der Waals surface area contributed by atoms with E-state index < -0.39 is 15.7 Å². The quantitative estimate of drug-likeness (QED) is 0.869. The van der Waals surface area contributed by atoms with Crippen LogP contribution in [-0.2, 0) is 16.4 Å². The summed E-state index contributed by atoms with van der Waals surface area (Å²) in [6.45, 7) is 1.91. The molecule has 2 aromatic rings. The fraction of sp³-hybridized carbons (Fsp3) is 0.200. The second-order valence-electron chi connectivity index (χ2n) is 5.28. The van der Waals surface area contributed by atoms with E-state index in [-0.39, 0.29) is 27.5 Å². The van der Waals surface area contributed by atoms with Gasteiger partial charge in [-0.15, -0.1) is 0 Å². The SMILES string of the molecule is Cc1ccc(Cn2cc(Cl)cc(C(N)=O)c2=N)cc1S(C)(=O)=O. The molecule has 0 unspecified atom stereocenters. The molecule has 23 heavy (non-hydrogen) atoms. The van der Waals surface area contributed by atoms with Gasteiger partial charge in [0.2, 0.25) is 0 Å². The number of amides is 1. The van der Waals surface area contributed by atoms with Gasteiger partial charge in [0, 0.05) is 19.0 Å². The smallest absolute Gasteiger partial charge is 0.252 e. The Morgan fingerprint density at radius 3 is 2.57 bits per heavy atom. The van der Waals surface area contributed by atoms with Gasteiger partial charge in [-0.05, 0) is 30.2 Å². The molecule has 0 aliphatic heterocycles. The lowest BCUT2D eigenvalue weighted by atomic mass is 10.1. The second-order valence-corrected chi connectivity index (χ2v) is 7.71. The Labute approximate surface area is 138 Å². The maximum Gasteiger partial charge on any atom is 0.252 e. The van der Waals surface area contributed by atoms with Crippen LogP contribution < -0.4 is 11.2 Å². The monoisotopic (exact) mass is 353 g/mol. The Balaban J connectivity index is 2.53. The van der Waals surface area contributed by atoms with Crippen molar-refractivity contribution in [1.29, 1.82) is 5.41 Å². The molecule has 1 aromatic carbocycles. The summed E-state index contributed by atoms with van der Waals surface area (Å²) in [7, 11) is -3.34. The van der Waals surface area contributed by atoms with Crippen LogP contribution in [0.4, 0.5) is 0 Å². The van der Waals surface area contributed by atoms with Crippen molar-refractivity contribution in [3.63, 3.8) is 0 Å². The standard InChI is InChI=1S/C15H16ClN3O3S/c1-9-3-4-10(5-13(9)23(2,21)22)7-19-8-11(16)6-12(14(19)17)15(18)20/h3-6,8,17H,7H2,1-2H3,(H2,18,20). The maximum atomic E-state index is 11.8. The minimum absolute atomic E-state index is 0.00736. The number of nitrogens with two attached hydrogens (primary N) is 1. The average molecular weight is 354 g/mol. The summed E-state index contributed by atoms with van der Waals surface area (Å²) in [5, 5.41) is 8.30. The lowest BCUT2D eigenvalue weighted by molar-refractivity contribution is 0.0997. The van der Waals surface area contributed by atoms with E-state index in [9.17, 15) is 13.2 Å². The Bertz CT molecular complexity index is 949. The molecule has 3 N–H and O–H groups in total. The molecule has 1 heterocycles. The molecule has 0 aliphatic rings. The number of primary amides is 1. The lowest BCUT2D eigenvalue weighted by Gasteiger charge is -2.12. The topological polar surface area (TPSA) is 106 Å². The Kier molecular flexibility index (Phi) is 4.63. The van der Waals surface area contributed by atoms with Crippen molar-refractivity contribution in [3.8, 4) is 0 Å². The van der Waals surface area contributed by atoms with Gasteiger partial charge in [-0.25, -0.2) is 8.42 Å². The van der Waals surface area contributed by atoms with Crippen LogP contribution in [0.2, 0.25) is 5.02 Å². The van der Waals surface area contributed by atoms with Crippen LogP contribution in [0.1, 0.15) is 21.5 Å². The predicted molar refractivity (Wildman–Crippen MR) is 87.2 cm³/mol. The van der Waals surface area contributed by atoms with Crippen molar-refractivity contribution in [1.82, 2.24) is 4.57 Å². The van der Waals surface area contributed by atoms with Crippen molar-refractivity contribution in [2.75, 3.05) is 6.26 Å². The molecule has 1 aromatic heterocycles. The van der Waals surface area contributed by atoms with Crippen molar-refractivity contribution in [2.45, 2.75) is 18.4 Å². The molecule has 0 radical (unpaired) electrons. The van der Waals surface area contributed by atoms with Crippen LogP contribution in [0.3, 0.4) is 0 Å². The van der Waals surface area contributed by atoms with Crippen LogP contribution in [0.25, 0.3) is 0 Å². The highest BCUT2D eigenvalue weighted by molar-refractivity contribution is 7.90. The van der Waals surface area contributed by atoms with Gasteiger partial charge < -0.3 is 10.3 Å². The second kappa shape index (κ2) is 6.17. The molecular weight excluding hydrogens is 338 g/mol. The summed E-state index contributed by atoms with van der Waals surface area (Å²) >= 11 is 5.95. The summed E-state index contributed by atoms with van der Waals surface area (Å²) in [5.74, 6) is -0.744. The number of nitrogens with one attached hydrogen (secondary N) is 1. The number of halogens is 1. The first-order chi connectivity index (χ1) is 10.6. The van der Waals surface area contributed by atoms with Gasteiger partial charge in [-0.3, -0.25) is 10.2 Å².